The Hall–Kier alpha value is -1.74. The second kappa shape index (κ2) is 8.56. The molecule has 0 aromatic rings. The van der Waals surface area contributed by atoms with Crippen molar-refractivity contribution < 1.29 is 19.4 Å². The average Bonchev–Trinajstić information content (AvgIpc) is 2.25. The predicted molar refractivity (Wildman–Crippen MR) is 57.6 cm³/mol. The molecule has 1 amide bonds. The molecule has 0 radical (unpaired) electrons. The Morgan fingerprint density at radius 3 is 2.75 bits per heavy atom. The third-order valence-corrected chi connectivity index (χ3v) is 1.82. The van der Waals surface area contributed by atoms with Crippen molar-refractivity contribution in [3.8, 4) is 12.3 Å². The van der Waals surface area contributed by atoms with Gasteiger partial charge in [-0.25, -0.2) is 4.79 Å². The zero-order valence-corrected chi connectivity index (χ0v) is 8.94. The first-order chi connectivity index (χ1) is 7.57. The van der Waals surface area contributed by atoms with Gasteiger partial charge in [0.25, 0.3) is 0 Å². The van der Waals surface area contributed by atoms with Crippen molar-refractivity contribution >= 4 is 12.1 Å². The van der Waals surface area contributed by atoms with E-state index in [2.05, 4.69) is 16.0 Å². The van der Waals surface area contributed by atoms with Crippen LogP contribution >= 0.6 is 0 Å². The highest BCUT2D eigenvalue weighted by atomic mass is 16.5. The number of carbonyl (C=O) groups is 2. The Morgan fingerprint density at radius 1 is 1.50 bits per heavy atom. The monoisotopic (exact) mass is 228 g/mol. The Balaban J connectivity index is 3.37. The van der Waals surface area contributed by atoms with Gasteiger partial charge in [0.05, 0.1) is 0 Å². The fourth-order valence-electron chi connectivity index (χ4n) is 0.961. The fraction of sp³-hybridized carbons (Fsp3) is 0.600. The van der Waals surface area contributed by atoms with Gasteiger partial charge in [0.15, 0.2) is 6.61 Å². The lowest BCUT2D eigenvalue weighted by atomic mass is 10.1. The number of rotatable bonds is 7. The summed E-state index contributed by atoms with van der Waals surface area (Å²) in [5.74, 6) is 1.15. The Morgan fingerprint density at radius 2 is 2.19 bits per heavy atom. The number of amides is 1. The second-order valence-corrected chi connectivity index (χ2v) is 3.15. The van der Waals surface area contributed by atoms with Gasteiger partial charge < -0.3 is 20.9 Å². The van der Waals surface area contributed by atoms with Crippen LogP contribution in [0.4, 0.5) is 4.79 Å². The summed E-state index contributed by atoms with van der Waals surface area (Å²) in [6.07, 6.45) is 5.98. The number of nitrogens with one attached hydrogen (secondary N) is 1. The van der Waals surface area contributed by atoms with Crippen molar-refractivity contribution in [2.45, 2.75) is 25.3 Å². The van der Waals surface area contributed by atoms with Gasteiger partial charge in [-0.15, -0.1) is 6.42 Å². The molecule has 0 heterocycles. The minimum atomic E-state index is -1.01. The molecule has 6 nitrogen and oxygen atoms in total. The van der Waals surface area contributed by atoms with Gasteiger partial charge in [0.1, 0.15) is 6.04 Å². The number of carbonyl (C=O) groups excluding carboxylic acids is 1. The average molecular weight is 228 g/mol. The first-order valence-electron chi connectivity index (χ1n) is 4.90. The quantitative estimate of drug-likeness (QED) is 0.418. The van der Waals surface area contributed by atoms with E-state index in [1.165, 1.54) is 0 Å². The van der Waals surface area contributed by atoms with Crippen molar-refractivity contribution in [1.29, 1.82) is 0 Å². The number of hydrogen-bond acceptors (Lipinski definition) is 4. The van der Waals surface area contributed by atoms with E-state index >= 15 is 0 Å². The van der Waals surface area contributed by atoms with Crippen molar-refractivity contribution in [2.24, 2.45) is 5.73 Å². The van der Waals surface area contributed by atoms with Gasteiger partial charge in [-0.2, -0.15) is 0 Å². The van der Waals surface area contributed by atoms with Gasteiger partial charge in [0.2, 0.25) is 0 Å². The van der Waals surface area contributed by atoms with E-state index < -0.39 is 18.1 Å². The van der Waals surface area contributed by atoms with Crippen LogP contribution in [0.3, 0.4) is 0 Å². The molecule has 0 aromatic carbocycles. The predicted octanol–water partition coefficient (Wildman–Crippen LogP) is -0.0720. The number of hydrogen-bond donors (Lipinski definition) is 3. The summed E-state index contributed by atoms with van der Waals surface area (Å²) in [6.45, 7) is 0.353. The topological polar surface area (TPSA) is 102 Å². The Bertz CT molecular complexity index is 272. The van der Waals surface area contributed by atoms with Gasteiger partial charge in [-0.3, -0.25) is 4.79 Å². The van der Waals surface area contributed by atoms with Crippen LogP contribution in [-0.2, 0) is 9.53 Å². The number of carboxylic acids is 1. The van der Waals surface area contributed by atoms with Gasteiger partial charge in [0, 0.05) is 6.54 Å². The van der Waals surface area contributed by atoms with E-state index in [1.54, 1.807) is 0 Å². The third kappa shape index (κ3) is 7.64. The minimum absolute atomic E-state index is 0.0598. The molecule has 90 valence electrons. The zero-order chi connectivity index (χ0) is 12.4. The molecule has 0 bridgehead atoms. The highest BCUT2D eigenvalue weighted by Gasteiger charge is 2.10. The van der Waals surface area contributed by atoms with E-state index in [9.17, 15) is 9.59 Å². The van der Waals surface area contributed by atoms with Gasteiger partial charge in [-0.1, -0.05) is 5.92 Å². The van der Waals surface area contributed by atoms with Crippen LogP contribution < -0.4 is 11.1 Å². The van der Waals surface area contributed by atoms with Crippen molar-refractivity contribution in [1.82, 2.24) is 5.32 Å². The van der Waals surface area contributed by atoms with E-state index in [4.69, 9.17) is 17.3 Å². The maximum absolute atomic E-state index is 10.9. The number of carboxylic acid groups (broad SMARTS) is 1. The van der Waals surface area contributed by atoms with E-state index in [1.807, 2.05) is 0 Å². The van der Waals surface area contributed by atoms with Crippen molar-refractivity contribution in [2.75, 3.05) is 13.2 Å². The molecule has 0 saturated heterocycles. The molecule has 0 rings (SSSR count). The number of terminal acetylenes is 1. The number of unbranched alkanes of at least 4 members (excludes halogenated alkanes) is 1. The van der Waals surface area contributed by atoms with Crippen LogP contribution in [0.1, 0.15) is 19.3 Å². The Kier molecular flexibility index (Phi) is 7.63. The van der Waals surface area contributed by atoms with Crippen LogP contribution in [0.25, 0.3) is 0 Å². The summed E-state index contributed by atoms with van der Waals surface area (Å²) in [7, 11) is 0. The number of aliphatic carboxylic acids is 1. The molecule has 0 saturated carbocycles. The molecular formula is C10H16N2O4. The van der Waals surface area contributed by atoms with Crippen molar-refractivity contribution in [3.05, 3.63) is 0 Å². The number of nitrogens with two attached hydrogens (primary N) is 1. The van der Waals surface area contributed by atoms with Crippen molar-refractivity contribution in [3.63, 3.8) is 0 Å². The summed E-state index contributed by atoms with van der Waals surface area (Å²) >= 11 is 0. The van der Waals surface area contributed by atoms with Gasteiger partial charge >= 0.3 is 12.1 Å². The summed E-state index contributed by atoms with van der Waals surface area (Å²) < 4.78 is 4.55. The molecule has 1 atom stereocenters. The van der Waals surface area contributed by atoms with E-state index in [0.717, 1.165) is 0 Å². The fourth-order valence-corrected chi connectivity index (χ4v) is 0.961. The van der Waals surface area contributed by atoms with Crippen LogP contribution in [0.15, 0.2) is 0 Å². The second-order valence-electron chi connectivity index (χ2n) is 3.15. The summed E-state index contributed by atoms with van der Waals surface area (Å²) in [4.78, 5) is 21.2. The molecular weight excluding hydrogens is 212 g/mol. The maximum atomic E-state index is 10.9. The molecule has 0 aliphatic heterocycles. The lowest BCUT2D eigenvalue weighted by Gasteiger charge is -2.06. The molecule has 0 unspecified atom stereocenters. The zero-order valence-electron chi connectivity index (χ0n) is 8.94. The molecule has 4 N–H and O–H groups in total. The van der Waals surface area contributed by atoms with E-state index in [-0.39, 0.29) is 6.61 Å². The lowest BCUT2D eigenvalue weighted by Crippen LogP contribution is -2.30. The first-order valence-corrected chi connectivity index (χ1v) is 4.90. The highest BCUT2D eigenvalue weighted by Crippen LogP contribution is 1.98. The summed E-state index contributed by atoms with van der Waals surface area (Å²) in [5, 5.41) is 11.0. The molecule has 0 aliphatic rings. The lowest BCUT2D eigenvalue weighted by molar-refractivity contribution is -0.138. The molecule has 0 aliphatic carbocycles. The molecule has 6 heteroatoms. The molecule has 0 aromatic heterocycles. The number of alkyl carbamates (subject to hydrolysis) is 1. The number of ether oxygens (including phenoxy) is 1. The smallest absolute Gasteiger partial charge is 0.408 e. The maximum Gasteiger partial charge on any atom is 0.408 e. The van der Waals surface area contributed by atoms with Crippen LogP contribution in [0.2, 0.25) is 0 Å². The summed E-state index contributed by atoms with van der Waals surface area (Å²) in [6, 6.07) is -0.839. The van der Waals surface area contributed by atoms with Crippen LogP contribution in [0.5, 0.6) is 0 Å². The standard InChI is InChI=1S/C10H16N2O4/c1-2-7-16-10(15)12-6-4-3-5-8(11)9(13)14/h1,8H,3-7,11H2,(H,12,15)(H,13,14)/t8-/m1/s1. The molecule has 0 fully saturated rings. The minimum Gasteiger partial charge on any atom is -0.480 e. The third-order valence-electron chi connectivity index (χ3n) is 1.82. The molecule has 16 heavy (non-hydrogen) atoms. The van der Waals surface area contributed by atoms with Crippen LogP contribution in [0, 0.1) is 12.3 Å². The largest absolute Gasteiger partial charge is 0.480 e. The van der Waals surface area contributed by atoms with E-state index in [0.29, 0.717) is 25.8 Å². The summed E-state index contributed by atoms with van der Waals surface area (Å²) in [5.41, 5.74) is 5.29. The molecule has 0 spiro atoms. The Labute approximate surface area is 94.1 Å². The van der Waals surface area contributed by atoms with Crippen LogP contribution in [-0.4, -0.2) is 36.4 Å². The first kappa shape index (κ1) is 14.3. The highest BCUT2D eigenvalue weighted by molar-refractivity contribution is 5.72. The SMILES string of the molecule is C#CCOC(=O)NCCCC[C@@H](N)C(=O)O. The van der Waals surface area contributed by atoms with Gasteiger partial charge in [-0.05, 0) is 19.3 Å². The normalized spacial score (nSPS) is 11.2.